The quantitative estimate of drug-likeness (QED) is 0.532. The van der Waals surface area contributed by atoms with Crippen LogP contribution in [0.5, 0.6) is 0 Å². The monoisotopic (exact) mass is 256 g/mol. The smallest absolute Gasteiger partial charge is 0.303 e. The molecule has 18 heavy (non-hydrogen) atoms. The molecule has 0 N–H and O–H groups in total. The average molecular weight is 256 g/mol. The number of methoxy groups -OCH3 is 1. The third-order valence-corrected chi connectivity index (χ3v) is 2.88. The van der Waals surface area contributed by atoms with Crippen LogP contribution in [0.1, 0.15) is 26.7 Å². The molecule has 2 atom stereocenters. The Balaban J connectivity index is 2.72. The Hall–Kier alpha value is -1.36. The van der Waals surface area contributed by atoms with Gasteiger partial charge in [-0.05, 0) is 12.8 Å². The number of allylic oxidation sites excluding steroid dienone is 1. The van der Waals surface area contributed by atoms with Crippen LogP contribution in [0.4, 0.5) is 0 Å². The maximum absolute atomic E-state index is 11.1. The molecule has 0 aromatic carbocycles. The maximum Gasteiger partial charge on any atom is 0.303 e. The molecule has 0 aliphatic heterocycles. The molecule has 0 aromatic rings. The molecule has 0 unspecified atom stereocenters. The van der Waals surface area contributed by atoms with E-state index < -0.39 is 18.2 Å². The molecule has 1 aliphatic rings. The second-order valence-corrected chi connectivity index (χ2v) is 4.60. The summed E-state index contributed by atoms with van der Waals surface area (Å²) in [5.74, 6) is -0.640. The molecule has 0 aromatic heterocycles. The number of hydrogen-bond acceptors (Lipinski definition) is 5. The van der Waals surface area contributed by atoms with Crippen molar-refractivity contribution in [1.82, 2.24) is 0 Å². The van der Waals surface area contributed by atoms with Gasteiger partial charge < -0.3 is 14.2 Å². The molecule has 0 bridgehead atoms. The number of carbonyl (C=O) groups excluding carboxylic acids is 2. The number of carbonyl (C=O) groups is 2. The normalized spacial score (nSPS) is 18.7. The van der Waals surface area contributed by atoms with Gasteiger partial charge in [-0.15, -0.1) is 0 Å². The van der Waals surface area contributed by atoms with Crippen molar-refractivity contribution in [2.24, 2.45) is 5.92 Å². The van der Waals surface area contributed by atoms with Crippen LogP contribution in [0.25, 0.3) is 0 Å². The minimum absolute atomic E-state index is 0.154. The van der Waals surface area contributed by atoms with E-state index >= 15 is 0 Å². The lowest BCUT2D eigenvalue weighted by Gasteiger charge is -2.38. The molecule has 102 valence electrons. The first kappa shape index (κ1) is 14.7. The third kappa shape index (κ3) is 4.14. The van der Waals surface area contributed by atoms with Crippen LogP contribution in [-0.4, -0.2) is 37.9 Å². The van der Waals surface area contributed by atoms with E-state index in [-0.39, 0.29) is 18.5 Å². The Morgan fingerprint density at radius 2 is 1.83 bits per heavy atom. The second kappa shape index (κ2) is 6.54. The van der Waals surface area contributed by atoms with Gasteiger partial charge in [0.2, 0.25) is 0 Å². The number of rotatable bonds is 6. The molecule has 0 spiro atoms. The zero-order valence-electron chi connectivity index (χ0n) is 11.1. The molecule has 1 aliphatic carbocycles. The van der Waals surface area contributed by atoms with Gasteiger partial charge >= 0.3 is 11.9 Å². The number of hydrogen-bond donors (Lipinski definition) is 0. The van der Waals surface area contributed by atoms with Gasteiger partial charge in [-0.1, -0.05) is 12.2 Å². The lowest BCUT2D eigenvalue weighted by Crippen LogP contribution is -2.45. The van der Waals surface area contributed by atoms with Gasteiger partial charge in [0.25, 0.3) is 0 Å². The molecule has 5 heteroatoms. The summed E-state index contributed by atoms with van der Waals surface area (Å²) in [6.45, 7) is 6.74. The zero-order chi connectivity index (χ0) is 13.7. The van der Waals surface area contributed by atoms with Crippen LogP contribution >= 0.6 is 0 Å². The Morgan fingerprint density at radius 3 is 2.22 bits per heavy atom. The largest absolute Gasteiger partial charge is 0.458 e. The van der Waals surface area contributed by atoms with Gasteiger partial charge in [-0.25, -0.2) is 0 Å². The molecule has 0 radical (unpaired) electrons. The fourth-order valence-corrected chi connectivity index (χ4v) is 2.15. The van der Waals surface area contributed by atoms with Crippen molar-refractivity contribution in [2.45, 2.75) is 38.9 Å². The first-order valence-corrected chi connectivity index (χ1v) is 5.94. The first-order chi connectivity index (χ1) is 8.43. The van der Waals surface area contributed by atoms with Crippen molar-refractivity contribution in [3.05, 3.63) is 12.2 Å². The fraction of sp³-hybridized carbons (Fsp3) is 0.692. The predicted octanol–water partition coefficient (Wildman–Crippen LogP) is 1.46. The summed E-state index contributed by atoms with van der Waals surface area (Å²) in [7, 11) is 1.51. The highest BCUT2D eigenvalue weighted by Crippen LogP contribution is 2.37. The van der Waals surface area contributed by atoms with E-state index in [9.17, 15) is 9.59 Å². The fourth-order valence-electron chi connectivity index (χ4n) is 2.15. The van der Waals surface area contributed by atoms with E-state index in [2.05, 4.69) is 6.58 Å². The van der Waals surface area contributed by atoms with Gasteiger partial charge in [0.1, 0.15) is 6.10 Å². The summed E-state index contributed by atoms with van der Waals surface area (Å²) < 4.78 is 15.5. The molecule has 0 amide bonds. The molecular weight excluding hydrogens is 236 g/mol. The Bertz CT molecular complexity index is 328. The minimum atomic E-state index is -0.561. The Kier molecular flexibility index (Phi) is 5.34. The van der Waals surface area contributed by atoms with E-state index in [1.165, 1.54) is 21.0 Å². The average Bonchev–Trinajstić information content (AvgIpc) is 2.20. The topological polar surface area (TPSA) is 61.8 Å². The van der Waals surface area contributed by atoms with Gasteiger partial charge in [-0.3, -0.25) is 9.59 Å². The Labute approximate surface area is 107 Å². The summed E-state index contributed by atoms with van der Waals surface area (Å²) >= 11 is 0. The summed E-state index contributed by atoms with van der Waals surface area (Å²) in [6.07, 6.45) is 0.560. The standard InChI is InChI=1S/C13H20O5/c1-8-5-11(6-8)13(18-10(3)15)12(7-16-4)17-9(2)14/h11-13H,1,5-7H2,2-4H3/t12-,13+/m0/s1. The van der Waals surface area contributed by atoms with E-state index in [0.29, 0.717) is 0 Å². The SMILES string of the molecule is C=C1CC([C@@H](OC(C)=O)[C@H](COC)OC(C)=O)C1. The van der Waals surface area contributed by atoms with Crippen molar-refractivity contribution < 1.29 is 23.8 Å². The number of esters is 2. The molecule has 1 saturated carbocycles. The second-order valence-electron chi connectivity index (χ2n) is 4.60. The lowest BCUT2D eigenvalue weighted by atomic mass is 9.76. The van der Waals surface area contributed by atoms with Crippen LogP contribution < -0.4 is 0 Å². The highest BCUT2D eigenvalue weighted by Gasteiger charge is 2.39. The molecule has 1 rings (SSSR count). The van der Waals surface area contributed by atoms with E-state index in [1.807, 2.05) is 0 Å². The van der Waals surface area contributed by atoms with Crippen molar-refractivity contribution in [2.75, 3.05) is 13.7 Å². The van der Waals surface area contributed by atoms with Crippen LogP contribution in [0.2, 0.25) is 0 Å². The first-order valence-electron chi connectivity index (χ1n) is 5.94. The maximum atomic E-state index is 11.1. The van der Waals surface area contributed by atoms with Gasteiger partial charge in [0.15, 0.2) is 6.10 Å². The predicted molar refractivity (Wildman–Crippen MR) is 64.8 cm³/mol. The van der Waals surface area contributed by atoms with Crippen LogP contribution in [0, 0.1) is 5.92 Å². The molecule has 1 fully saturated rings. The van der Waals surface area contributed by atoms with Crippen LogP contribution in [0.3, 0.4) is 0 Å². The van der Waals surface area contributed by atoms with Crippen molar-refractivity contribution in [3.8, 4) is 0 Å². The van der Waals surface area contributed by atoms with E-state index in [0.717, 1.165) is 18.4 Å². The number of ether oxygens (including phenoxy) is 3. The van der Waals surface area contributed by atoms with Crippen molar-refractivity contribution in [1.29, 1.82) is 0 Å². The summed E-state index contributed by atoms with van der Waals surface area (Å²) in [5, 5.41) is 0. The van der Waals surface area contributed by atoms with Crippen LogP contribution in [-0.2, 0) is 23.8 Å². The zero-order valence-corrected chi connectivity index (χ0v) is 11.1. The summed E-state index contributed by atoms with van der Waals surface area (Å²) in [5.41, 5.74) is 1.12. The minimum Gasteiger partial charge on any atom is -0.458 e. The third-order valence-electron chi connectivity index (χ3n) is 2.88. The molecule has 5 nitrogen and oxygen atoms in total. The highest BCUT2D eigenvalue weighted by atomic mass is 16.6. The van der Waals surface area contributed by atoms with Gasteiger partial charge in [0.05, 0.1) is 6.61 Å². The summed E-state index contributed by atoms with van der Waals surface area (Å²) in [6, 6.07) is 0. The van der Waals surface area contributed by atoms with Crippen molar-refractivity contribution in [3.63, 3.8) is 0 Å². The van der Waals surface area contributed by atoms with E-state index in [1.54, 1.807) is 0 Å². The Morgan fingerprint density at radius 1 is 1.28 bits per heavy atom. The lowest BCUT2D eigenvalue weighted by molar-refractivity contribution is -0.175. The van der Waals surface area contributed by atoms with Gasteiger partial charge in [0, 0.05) is 26.9 Å². The van der Waals surface area contributed by atoms with E-state index in [4.69, 9.17) is 14.2 Å². The summed E-state index contributed by atoms with van der Waals surface area (Å²) in [4.78, 5) is 22.2. The van der Waals surface area contributed by atoms with Crippen molar-refractivity contribution >= 4 is 11.9 Å². The molecule has 0 saturated heterocycles. The molecule has 0 heterocycles. The van der Waals surface area contributed by atoms with Gasteiger partial charge in [-0.2, -0.15) is 0 Å². The van der Waals surface area contributed by atoms with Crippen LogP contribution in [0.15, 0.2) is 12.2 Å². The molecular formula is C13H20O5. The highest BCUT2D eigenvalue weighted by molar-refractivity contribution is 5.67.